The fourth-order valence-electron chi connectivity index (χ4n) is 4.56. The van der Waals surface area contributed by atoms with Crippen LogP contribution >= 0.6 is 0 Å². The summed E-state index contributed by atoms with van der Waals surface area (Å²) in [4.78, 5) is 42.2. The number of hydrogen-bond acceptors (Lipinski definition) is 7. The number of ether oxygens (including phenoxy) is 1. The summed E-state index contributed by atoms with van der Waals surface area (Å²) in [5.74, 6) is -0.256. The molecular formula is C29H35FN6O6. The molecule has 0 unspecified atom stereocenters. The molecule has 0 saturated heterocycles. The van der Waals surface area contributed by atoms with Gasteiger partial charge < -0.3 is 40.1 Å². The summed E-state index contributed by atoms with van der Waals surface area (Å²) >= 11 is 0. The van der Waals surface area contributed by atoms with Crippen LogP contribution < -0.4 is 20.7 Å². The number of aryl methyl sites for hydroxylation is 2. The zero-order chi connectivity index (χ0) is 30.6. The number of aromatic nitrogens is 1. The second kappa shape index (κ2) is 12.9. The highest BCUT2D eigenvalue weighted by Gasteiger charge is 2.34. The first-order valence-electron chi connectivity index (χ1n) is 13.5. The molecule has 0 bridgehead atoms. The summed E-state index contributed by atoms with van der Waals surface area (Å²) in [6.45, 7) is 7.27. The van der Waals surface area contributed by atoms with Crippen molar-refractivity contribution >= 4 is 35.0 Å². The lowest BCUT2D eigenvalue weighted by Gasteiger charge is -2.38. The van der Waals surface area contributed by atoms with E-state index < -0.39 is 24.0 Å². The molecule has 4 rings (SSSR count). The highest BCUT2D eigenvalue weighted by Crippen LogP contribution is 2.31. The van der Waals surface area contributed by atoms with E-state index in [2.05, 4.69) is 21.1 Å². The number of likely N-dealkylation sites (N-methyl/N-ethyl adjacent to an activating group) is 1. The van der Waals surface area contributed by atoms with Gasteiger partial charge in [0.15, 0.2) is 5.76 Å². The number of amides is 5. The van der Waals surface area contributed by atoms with Crippen LogP contribution in [0.4, 0.5) is 31.0 Å². The van der Waals surface area contributed by atoms with Gasteiger partial charge in [0.05, 0.1) is 24.8 Å². The van der Waals surface area contributed by atoms with Crippen LogP contribution in [0.5, 0.6) is 5.75 Å². The van der Waals surface area contributed by atoms with E-state index in [1.54, 1.807) is 44.9 Å². The van der Waals surface area contributed by atoms with E-state index >= 15 is 0 Å². The van der Waals surface area contributed by atoms with E-state index in [4.69, 9.17) is 9.26 Å². The minimum Gasteiger partial charge on any atom is -0.487 e. The van der Waals surface area contributed by atoms with Crippen molar-refractivity contribution in [2.75, 3.05) is 42.7 Å². The molecule has 0 saturated carbocycles. The SMILES string of the molecule is Cc1noc(C)c1NC(=O)N(C)C[C@H]1Oc2ccc(NC(=O)Nc3ccc(F)cc3)cc2C(=O)N([C@H](C)CO)C[C@H]1C. The number of carbonyl (C=O) groups is 3. The van der Waals surface area contributed by atoms with Crippen LogP contribution in [0.1, 0.15) is 35.7 Å². The van der Waals surface area contributed by atoms with Crippen LogP contribution in [0.15, 0.2) is 47.0 Å². The van der Waals surface area contributed by atoms with Crippen LogP contribution in [0.2, 0.25) is 0 Å². The quantitative estimate of drug-likeness (QED) is 0.321. The fourth-order valence-corrected chi connectivity index (χ4v) is 4.56. The lowest BCUT2D eigenvalue weighted by molar-refractivity contribution is 0.0371. The van der Waals surface area contributed by atoms with Gasteiger partial charge in [-0.1, -0.05) is 12.1 Å². The molecule has 224 valence electrons. The van der Waals surface area contributed by atoms with Gasteiger partial charge in [-0.2, -0.15) is 0 Å². The van der Waals surface area contributed by atoms with Gasteiger partial charge in [0.1, 0.15) is 29.1 Å². The number of aliphatic hydroxyl groups excluding tert-OH is 1. The topological polar surface area (TPSA) is 149 Å². The molecule has 0 fully saturated rings. The molecule has 3 aromatic rings. The largest absolute Gasteiger partial charge is 0.487 e. The highest BCUT2D eigenvalue weighted by atomic mass is 19.1. The summed E-state index contributed by atoms with van der Waals surface area (Å²) in [6.07, 6.45) is -0.522. The summed E-state index contributed by atoms with van der Waals surface area (Å²) in [5, 5.41) is 21.8. The number of urea groups is 2. The third kappa shape index (κ3) is 6.97. The van der Waals surface area contributed by atoms with Gasteiger partial charge in [0, 0.05) is 30.9 Å². The molecule has 4 N–H and O–H groups in total. The normalized spacial score (nSPS) is 17.3. The first kappa shape index (κ1) is 30.3. The Morgan fingerprint density at radius 2 is 1.81 bits per heavy atom. The number of nitrogens with one attached hydrogen (secondary N) is 3. The number of aliphatic hydroxyl groups is 1. The van der Waals surface area contributed by atoms with Gasteiger partial charge in [-0.25, -0.2) is 14.0 Å². The number of halogens is 1. The third-order valence-corrected chi connectivity index (χ3v) is 7.09. The van der Waals surface area contributed by atoms with Gasteiger partial charge in [0.2, 0.25) is 0 Å². The van der Waals surface area contributed by atoms with Gasteiger partial charge in [0.25, 0.3) is 5.91 Å². The van der Waals surface area contributed by atoms with Crippen molar-refractivity contribution in [2.45, 2.75) is 39.8 Å². The number of carbonyl (C=O) groups excluding carboxylic acids is 3. The predicted molar refractivity (Wildman–Crippen MR) is 154 cm³/mol. The predicted octanol–water partition coefficient (Wildman–Crippen LogP) is 4.46. The molecule has 2 heterocycles. The maximum absolute atomic E-state index is 13.7. The molecule has 0 radical (unpaired) electrons. The molecule has 0 spiro atoms. The average molecular weight is 583 g/mol. The van der Waals surface area contributed by atoms with Crippen molar-refractivity contribution in [2.24, 2.45) is 5.92 Å². The second-order valence-corrected chi connectivity index (χ2v) is 10.4. The minimum atomic E-state index is -0.584. The van der Waals surface area contributed by atoms with Gasteiger partial charge in [-0.05, 0) is 63.2 Å². The van der Waals surface area contributed by atoms with E-state index in [0.717, 1.165) is 0 Å². The lowest BCUT2D eigenvalue weighted by Crippen LogP contribution is -2.50. The van der Waals surface area contributed by atoms with Crippen molar-refractivity contribution < 1.29 is 33.1 Å². The maximum Gasteiger partial charge on any atom is 0.323 e. The van der Waals surface area contributed by atoms with Crippen molar-refractivity contribution in [3.05, 3.63) is 65.3 Å². The van der Waals surface area contributed by atoms with E-state index in [0.29, 0.717) is 28.5 Å². The smallest absolute Gasteiger partial charge is 0.323 e. The van der Waals surface area contributed by atoms with E-state index in [1.165, 1.54) is 35.2 Å². The van der Waals surface area contributed by atoms with Crippen molar-refractivity contribution in [3.8, 4) is 5.75 Å². The van der Waals surface area contributed by atoms with Crippen molar-refractivity contribution in [3.63, 3.8) is 0 Å². The van der Waals surface area contributed by atoms with Gasteiger partial charge in [-0.3, -0.25) is 4.79 Å². The maximum atomic E-state index is 13.7. The molecule has 0 aliphatic carbocycles. The Kier molecular flexibility index (Phi) is 9.31. The molecule has 3 atom stereocenters. The molecule has 1 aromatic heterocycles. The number of rotatable bonds is 7. The Labute approximate surface area is 242 Å². The van der Waals surface area contributed by atoms with Crippen LogP contribution in [-0.4, -0.2) is 76.9 Å². The van der Waals surface area contributed by atoms with Crippen molar-refractivity contribution in [1.29, 1.82) is 0 Å². The Hall–Kier alpha value is -4.65. The van der Waals surface area contributed by atoms with E-state index in [1.807, 2.05) is 6.92 Å². The lowest BCUT2D eigenvalue weighted by atomic mass is 9.99. The summed E-state index contributed by atoms with van der Waals surface area (Å²) in [5.41, 5.74) is 1.96. The zero-order valence-electron chi connectivity index (χ0n) is 24.1. The van der Waals surface area contributed by atoms with Crippen LogP contribution in [0.25, 0.3) is 0 Å². The Balaban J connectivity index is 1.55. The van der Waals surface area contributed by atoms with Crippen LogP contribution in [-0.2, 0) is 0 Å². The molecule has 12 nitrogen and oxygen atoms in total. The summed E-state index contributed by atoms with van der Waals surface area (Å²) in [6, 6.07) is 8.51. The van der Waals surface area contributed by atoms with E-state index in [9.17, 15) is 23.9 Å². The summed E-state index contributed by atoms with van der Waals surface area (Å²) in [7, 11) is 1.63. The first-order chi connectivity index (χ1) is 20.0. The number of hydrogen-bond donors (Lipinski definition) is 4. The second-order valence-electron chi connectivity index (χ2n) is 10.4. The molecule has 42 heavy (non-hydrogen) atoms. The van der Waals surface area contributed by atoms with Gasteiger partial charge >= 0.3 is 12.1 Å². The number of benzene rings is 2. The first-order valence-corrected chi connectivity index (χ1v) is 13.5. The highest BCUT2D eigenvalue weighted by molar-refractivity contribution is 6.02. The van der Waals surface area contributed by atoms with Crippen LogP contribution in [0, 0.1) is 25.6 Å². The molecule has 13 heteroatoms. The Morgan fingerprint density at radius 3 is 2.45 bits per heavy atom. The van der Waals surface area contributed by atoms with Gasteiger partial charge in [-0.15, -0.1) is 0 Å². The monoisotopic (exact) mass is 582 g/mol. The molecular weight excluding hydrogens is 547 g/mol. The fraction of sp³-hybridized carbons (Fsp3) is 0.379. The molecule has 5 amide bonds. The van der Waals surface area contributed by atoms with E-state index in [-0.39, 0.29) is 48.9 Å². The third-order valence-electron chi connectivity index (χ3n) is 7.09. The Bertz CT molecular complexity index is 1430. The number of nitrogens with zero attached hydrogens (tertiary/aromatic N) is 3. The number of anilines is 3. The van der Waals surface area contributed by atoms with Crippen molar-refractivity contribution in [1.82, 2.24) is 15.0 Å². The molecule has 1 aliphatic heterocycles. The standard InChI is InChI=1S/C29H35FN6O6/c1-16-13-36(17(2)15-37)27(38)23-12-22(32-28(39)31-21-8-6-20(30)7-9-21)10-11-24(23)41-25(16)14-35(5)29(40)33-26-18(3)34-42-19(26)4/h6-12,16-17,25,37H,13-15H2,1-5H3,(H,33,40)(H2,31,32,39)/t16-,17-,25-/m1/s1. The Morgan fingerprint density at radius 1 is 1.14 bits per heavy atom. The zero-order valence-corrected chi connectivity index (χ0v) is 24.1. The average Bonchev–Trinajstić information content (AvgIpc) is 3.27. The number of fused-ring (bicyclic) bond motifs is 1. The van der Waals surface area contributed by atoms with Crippen LogP contribution in [0.3, 0.4) is 0 Å². The minimum absolute atomic E-state index is 0.186. The summed E-state index contributed by atoms with van der Waals surface area (Å²) < 4.78 is 24.6. The molecule has 2 aromatic carbocycles. The molecule has 1 aliphatic rings.